The van der Waals surface area contributed by atoms with Gasteiger partial charge in [-0.15, -0.1) is 5.06 Å². The number of piperidine rings is 1. The Balaban J connectivity index is 1.70. The van der Waals surface area contributed by atoms with E-state index < -0.39 is 11.8 Å². The van der Waals surface area contributed by atoms with Gasteiger partial charge in [-0.3, -0.25) is 0 Å². The molecular weight excluding hydrogens is 380 g/mol. The first-order valence-corrected chi connectivity index (χ1v) is 10.4. The van der Waals surface area contributed by atoms with Crippen molar-refractivity contribution < 1.29 is 19.1 Å². The van der Waals surface area contributed by atoms with Crippen LogP contribution in [-0.2, 0) is 27.5 Å². The average Bonchev–Trinajstić information content (AvgIpc) is 2.72. The molecule has 3 rings (SSSR count). The average molecular weight is 413 g/mol. The largest absolute Gasteiger partial charge is 0.528 e. The SMILES string of the molecule is CC(C)(C)OC(=O)ON1CCC(c2ccccc2)C(OCc2ccccc2CN)C1. The smallest absolute Gasteiger partial charge is 0.427 e. The van der Waals surface area contributed by atoms with Crippen molar-refractivity contribution >= 4 is 6.16 Å². The summed E-state index contributed by atoms with van der Waals surface area (Å²) in [6, 6.07) is 18.4. The van der Waals surface area contributed by atoms with E-state index in [9.17, 15) is 4.79 Å². The summed E-state index contributed by atoms with van der Waals surface area (Å²) in [5.41, 5.74) is 8.66. The summed E-state index contributed by atoms with van der Waals surface area (Å²) >= 11 is 0. The summed E-state index contributed by atoms with van der Waals surface area (Å²) in [4.78, 5) is 17.6. The molecule has 0 spiro atoms. The molecule has 0 saturated carbocycles. The molecule has 2 atom stereocenters. The maximum Gasteiger partial charge on any atom is 0.528 e. The first kappa shape index (κ1) is 22.3. The second kappa shape index (κ2) is 10.1. The van der Waals surface area contributed by atoms with Gasteiger partial charge in [-0.1, -0.05) is 54.6 Å². The second-order valence-corrected chi connectivity index (χ2v) is 8.57. The fraction of sp³-hybridized carbons (Fsp3) is 0.458. The van der Waals surface area contributed by atoms with Gasteiger partial charge in [-0.05, 0) is 43.9 Å². The van der Waals surface area contributed by atoms with Crippen LogP contribution in [0.25, 0.3) is 0 Å². The number of carbonyl (C=O) groups excluding carboxylic acids is 1. The van der Waals surface area contributed by atoms with Gasteiger partial charge >= 0.3 is 6.16 Å². The maximum atomic E-state index is 12.1. The van der Waals surface area contributed by atoms with Gasteiger partial charge < -0.3 is 20.0 Å². The third-order valence-electron chi connectivity index (χ3n) is 5.13. The molecule has 2 aromatic carbocycles. The predicted molar refractivity (Wildman–Crippen MR) is 116 cm³/mol. The Morgan fingerprint density at radius 1 is 1.07 bits per heavy atom. The van der Waals surface area contributed by atoms with E-state index in [4.69, 9.17) is 20.0 Å². The van der Waals surface area contributed by atoms with Crippen molar-refractivity contribution in [3.63, 3.8) is 0 Å². The number of nitrogens with two attached hydrogens (primary N) is 1. The monoisotopic (exact) mass is 412 g/mol. The summed E-state index contributed by atoms with van der Waals surface area (Å²) in [7, 11) is 0. The number of rotatable bonds is 6. The summed E-state index contributed by atoms with van der Waals surface area (Å²) in [5.74, 6) is 0.217. The Bertz CT molecular complexity index is 819. The van der Waals surface area contributed by atoms with Crippen molar-refractivity contribution in [2.45, 2.75) is 58.0 Å². The molecule has 1 heterocycles. The molecule has 1 fully saturated rings. The van der Waals surface area contributed by atoms with E-state index >= 15 is 0 Å². The van der Waals surface area contributed by atoms with Crippen LogP contribution in [0.1, 0.15) is 49.8 Å². The Labute approximate surface area is 178 Å². The number of hydroxylamine groups is 2. The van der Waals surface area contributed by atoms with Crippen LogP contribution in [0.5, 0.6) is 0 Å². The number of ether oxygens (including phenoxy) is 2. The van der Waals surface area contributed by atoms with Crippen molar-refractivity contribution in [2.75, 3.05) is 13.1 Å². The van der Waals surface area contributed by atoms with Crippen LogP contribution in [0.15, 0.2) is 54.6 Å². The lowest BCUT2D eigenvalue weighted by atomic mass is 9.87. The molecule has 0 aliphatic carbocycles. The number of nitrogens with zero attached hydrogens (tertiary/aromatic N) is 1. The Kier molecular flexibility index (Phi) is 7.48. The van der Waals surface area contributed by atoms with Crippen molar-refractivity contribution in [1.29, 1.82) is 0 Å². The number of benzene rings is 2. The van der Waals surface area contributed by atoms with Crippen LogP contribution >= 0.6 is 0 Å². The van der Waals surface area contributed by atoms with Crippen LogP contribution < -0.4 is 5.73 Å². The Morgan fingerprint density at radius 3 is 2.40 bits per heavy atom. The first-order chi connectivity index (χ1) is 14.4. The molecule has 1 saturated heterocycles. The predicted octanol–water partition coefficient (Wildman–Crippen LogP) is 4.39. The maximum absolute atomic E-state index is 12.1. The fourth-order valence-electron chi connectivity index (χ4n) is 3.69. The highest BCUT2D eigenvalue weighted by molar-refractivity contribution is 5.60. The number of hydrogen-bond acceptors (Lipinski definition) is 6. The molecule has 0 aromatic heterocycles. The molecule has 6 heteroatoms. The van der Waals surface area contributed by atoms with Crippen molar-refractivity contribution in [2.24, 2.45) is 5.73 Å². The van der Waals surface area contributed by atoms with E-state index in [1.54, 1.807) is 5.06 Å². The zero-order chi connectivity index (χ0) is 21.6. The highest BCUT2D eigenvalue weighted by Gasteiger charge is 2.34. The van der Waals surface area contributed by atoms with Crippen LogP contribution in [0.3, 0.4) is 0 Å². The van der Waals surface area contributed by atoms with Gasteiger partial charge in [0.25, 0.3) is 0 Å². The standard InChI is InChI=1S/C24H32N2O4/c1-24(2,3)29-23(27)30-26-14-13-21(18-9-5-4-6-10-18)22(16-26)28-17-20-12-8-7-11-19(20)15-25/h4-12,21-22H,13-17,25H2,1-3H3. The Morgan fingerprint density at radius 2 is 1.73 bits per heavy atom. The van der Waals surface area contributed by atoms with Crippen LogP contribution in [0.4, 0.5) is 4.79 Å². The molecule has 30 heavy (non-hydrogen) atoms. The van der Waals surface area contributed by atoms with Gasteiger partial charge in [-0.25, -0.2) is 4.79 Å². The van der Waals surface area contributed by atoms with E-state index in [2.05, 4.69) is 12.1 Å². The molecule has 2 aromatic rings. The Hall–Kier alpha value is -2.41. The topological polar surface area (TPSA) is 74.0 Å². The number of hydrogen-bond donors (Lipinski definition) is 1. The van der Waals surface area contributed by atoms with Crippen LogP contribution in [-0.4, -0.2) is 36.0 Å². The van der Waals surface area contributed by atoms with Crippen molar-refractivity contribution in [1.82, 2.24) is 5.06 Å². The minimum absolute atomic E-state index is 0.130. The van der Waals surface area contributed by atoms with Gasteiger partial charge in [0.2, 0.25) is 0 Å². The molecule has 0 radical (unpaired) electrons. The van der Waals surface area contributed by atoms with Gasteiger partial charge in [-0.2, -0.15) is 0 Å². The summed E-state index contributed by atoms with van der Waals surface area (Å²) in [6.07, 6.45) is -0.00182. The zero-order valence-corrected chi connectivity index (χ0v) is 18.0. The van der Waals surface area contributed by atoms with Gasteiger partial charge in [0, 0.05) is 19.0 Å². The lowest BCUT2D eigenvalue weighted by Crippen LogP contribution is -2.45. The van der Waals surface area contributed by atoms with Gasteiger partial charge in [0.15, 0.2) is 0 Å². The van der Waals surface area contributed by atoms with Crippen LogP contribution in [0.2, 0.25) is 0 Å². The van der Waals surface area contributed by atoms with Crippen molar-refractivity contribution in [3.8, 4) is 0 Å². The third kappa shape index (κ3) is 6.29. The normalized spacial score (nSPS) is 20.0. The summed E-state index contributed by atoms with van der Waals surface area (Å²) in [6.45, 7) is 7.48. The zero-order valence-electron chi connectivity index (χ0n) is 18.0. The van der Waals surface area contributed by atoms with E-state index in [1.807, 2.05) is 63.2 Å². The summed E-state index contributed by atoms with van der Waals surface area (Å²) < 4.78 is 11.7. The fourth-order valence-corrected chi connectivity index (χ4v) is 3.69. The highest BCUT2D eigenvalue weighted by Crippen LogP contribution is 2.31. The van der Waals surface area contributed by atoms with Crippen molar-refractivity contribution in [3.05, 3.63) is 71.3 Å². The second-order valence-electron chi connectivity index (χ2n) is 8.57. The molecule has 2 N–H and O–H groups in total. The minimum atomic E-state index is -0.687. The highest BCUT2D eigenvalue weighted by atomic mass is 16.8. The van der Waals surface area contributed by atoms with E-state index in [0.29, 0.717) is 26.2 Å². The van der Waals surface area contributed by atoms with Crippen LogP contribution in [0, 0.1) is 0 Å². The van der Waals surface area contributed by atoms with Gasteiger partial charge in [0.1, 0.15) is 5.60 Å². The quantitative estimate of drug-likeness (QED) is 0.710. The molecule has 0 amide bonds. The molecule has 1 aliphatic rings. The van der Waals surface area contributed by atoms with E-state index in [1.165, 1.54) is 5.56 Å². The lowest BCUT2D eigenvalue weighted by Gasteiger charge is -2.37. The molecule has 6 nitrogen and oxygen atoms in total. The summed E-state index contributed by atoms with van der Waals surface area (Å²) in [5, 5.41) is 1.65. The lowest BCUT2D eigenvalue weighted by molar-refractivity contribution is -0.179. The number of carbonyl (C=O) groups is 1. The van der Waals surface area contributed by atoms with E-state index in [0.717, 1.165) is 17.5 Å². The third-order valence-corrected chi connectivity index (χ3v) is 5.13. The molecular formula is C24H32N2O4. The van der Waals surface area contributed by atoms with E-state index in [-0.39, 0.29) is 12.0 Å². The minimum Gasteiger partial charge on any atom is -0.427 e. The molecule has 2 unspecified atom stereocenters. The molecule has 0 bridgehead atoms. The first-order valence-electron chi connectivity index (χ1n) is 10.4. The molecule has 162 valence electrons. The molecule has 1 aliphatic heterocycles. The van der Waals surface area contributed by atoms with Gasteiger partial charge in [0.05, 0.1) is 19.3 Å².